The Kier molecular flexibility index (Phi) is 4.00. The summed E-state index contributed by atoms with van der Waals surface area (Å²) in [6.07, 6.45) is 0. The summed E-state index contributed by atoms with van der Waals surface area (Å²) in [6, 6.07) is 7.59. The van der Waals surface area contributed by atoms with Crippen LogP contribution in [0.4, 0.5) is 10.2 Å². The van der Waals surface area contributed by atoms with Crippen LogP contribution in [0.3, 0.4) is 0 Å². The highest BCUT2D eigenvalue weighted by atomic mass is 79.9. The molecule has 0 aliphatic rings. The van der Waals surface area contributed by atoms with Crippen molar-refractivity contribution in [3.63, 3.8) is 0 Å². The zero-order valence-corrected chi connectivity index (χ0v) is 11.3. The number of aromatic nitrogens is 1. The second kappa shape index (κ2) is 5.51. The maximum atomic E-state index is 13.3. The number of nitrogen functional groups attached to an aromatic ring is 1. The Balaban J connectivity index is 2.30. The lowest BCUT2D eigenvalue weighted by molar-refractivity contribution is 0.456. The first-order valence-corrected chi connectivity index (χ1v) is 6.03. The van der Waals surface area contributed by atoms with Crippen molar-refractivity contribution in [1.82, 2.24) is 4.98 Å². The van der Waals surface area contributed by atoms with E-state index in [4.69, 9.17) is 22.2 Å². The molecule has 0 aliphatic heterocycles. The number of halogens is 3. The lowest BCUT2D eigenvalue weighted by Gasteiger charge is -2.08. The highest BCUT2D eigenvalue weighted by Crippen LogP contribution is 2.33. The van der Waals surface area contributed by atoms with E-state index in [-0.39, 0.29) is 16.7 Å². The number of hydrogen-bond acceptors (Lipinski definition) is 4. The quantitative estimate of drug-likeness (QED) is 0.511. The summed E-state index contributed by atoms with van der Waals surface area (Å²) in [5.41, 5.74) is 2.39. The van der Waals surface area contributed by atoms with Crippen molar-refractivity contribution >= 4 is 33.3 Å². The molecule has 0 amide bonds. The molecule has 0 fully saturated rings. The van der Waals surface area contributed by atoms with Crippen LogP contribution in [0.5, 0.6) is 11.6 Å². The van der Waals surface area contributed by atoms with Crippen LogP contribution in [-0.2, 0) is 0 Å². The molecule has 0 atom stereocenters. The number of hydrogen-bond donors (Lipinski definition) is 2. The van der Waals surface area contributed by atoms with Crippen LogP contribution < -0.4 is 16.0 Å². The van der Waals surface area contributed by atoms with Crippen LogP contribution in [0.25, 0.3) is 0 Å². The van der Waals surface area contributed by atoms with Gasteiger partial charge in [-0.3, -0.25) is 0 Å². The first kappa shape index (κ1) is 13.1. The molecule has 1 aromatic carbocycles. The van der Waals surface area contributed by atoms with E-state index in [9.17, 15) is 4.39 Å². The molecule has 0 unspecified atom stereocenters. The van der Waals surface area contributed by atoms with Crippen LogP contribution in [0.1, 0.15) is 0 Å². The fraction of sp³-hybridized carbons (Fsp3) is 0. The van der Waals surface area contributed by atoms with Crippen molar-refractivity contribution < 1.29 is 9.13 Å². The van der Waals surface area contributed by atoms with E-state index in [1.807, 2.05) is 0 Å². The highest BCUT2D eigenvalue weighted by Gasteiger charge is 2.09. The topological polar surface area (TPSA) is 60.2 Å². The lowest BCUT2D eigenvalue weighted by atomic mass is 10.3. The van der Waals surface area contributed by atoms with Crippen molar-refractivity contribution in [2.45, 2.75) is 0 Å². The predicted octanol–water partition coefficient (Wildman–Crippen LogP) is 3.71. The van der Waals surface area contributed by atoms with Gasteiger partial charge in [0.25, 0.3) is 0 Å². The molecule has 0 saturated carbocycles. The summed E-state index contributed by atoms with van der Waals surface area (Å²) >= 11 is 8.86. The standard InChI is InChI=1S/C11H8BrClFN3O/c12-6-4-7(13)8(14)5-9(6)18-11-3-1-2-10(16-11)17-15/h1-5H,15H2,(H,16,17). The SMILES string of the molecule is NNc1cccc(Oc2cc(F)c(Cl)cc2Br)n1. The van der Waals surface area contributed by atoms with Gasteiger partial charge in [-0.2, -0.15) is 4.98 Å². The van der Waals surface area contributed by atoms with E-state index in [0.717, 1.165) is 0 Å². The smallest absolute Gasteiger partial charge is 0.221 e. The Morgan fingerprint density at radius 3 is 2.89 bits per heavy atom. The first-order chi connectivity index (χ1) is 8.60. The minimum absolute atomic E-state index is 0.0135. The third-order valence-electron chi connectivity index (χ3n) is 2.06. The summed E-state index contributed by atoms with van der Waals surface area (Å²) in [4.78, 5) is 4.05. The minimum Gasteiger partial charge on any atom is -0.438 e. The van der Waals surface area contributed by atoms with E-state index < -0.39 is 5.82 Å². The number of rotatable bonds is 3. The molecule has 2 aromatic rings. The second-order valence-electron chi connectivity index (χ2n) is 3.30. The van der Waals surface area contributed by atoms with Gasteiger partial charge in [-0.1, -0.05) is 17.7 Å². The van der Waals surface area contributed by atoms with Gasteiger partial charge in [0.1, 0.15) is 17.4 Å². The van der Waals surface area contributed by atoms with Crippen molar-refractivity contribution in [2.24, 2.45) is 5.84 Å². The Hall–Kier alpha value is -1.37. The van der Waals surface area contributed by atoms with Gasteiger partial charge in [0.15, 0.2) is 0 Å². The number of ether oxygens (including phenoxy) is 1. The van der Waals surface area contributed by atoms with Gasteiger partial charge in [0, 0.05) is 12.1 Å². The molecule has 0 bridgehead atoms. The molecular weight excluding hydrogens is 324 g/mol. The zero-order valence-electron chi connectivity index (χ0n) is 8.95. The molecule has 2 rings (SSSR count). The van der Waals surface area contributed by atoms with Crippen LogP contribution in [0.2, 0.25) is 5.02 Å². The van der Waals surface area contributed by atoms with E-state index in [2.05, 4.69) is 26.3 Å². The van der Waals surface area contributed by atoms with E-state index in [1.54, 1.807) is 18.2 Å². The molecule has 0 saturated heterocycles. The van der Waals surface area contributed by atoms with Crippen molar-refractivity contribution in [1.29, 1.82) is 0 Å². The second-order valence-corrected chi connectivity index (χ2v) is 4.57. The van der Waals surface area contributed by atoms with Crippen LogP contribution in [0.15, 0.2) is 34.8 Å². The Bertz CT molecular complexity index is 582. The summed E-state index contributed by atoms with van der Waals surface area (Å²) in [6.45, 7) is 0. The number of anilines is 1. The summed E-state index contributed by atoms with van der Waals surface area (Å²) in [5.74, 6) is 5.67. The molecule has 3 N–H and O–H groups in total. The average Bonchev–Trinajstić information content (AvgIpc) is 2.36. The van der Waals surface area contributed by atoms with Crippen molar-refractivity contribution in [3.8, 4) is 11.6 Å². The van der Waals surface area contributed by atoms with Gasteiger partial charge in [0.05, 0.1) is 9.50 Å². The minimum atomic E-state index is -0.567. The molecule has 0 radical (unpaired) electrons. The maximum Gasteiger partial charge on any atom is 0.221 e. The van der Waals surface area contributed by atoms with Crippen LogP contribution in [0, 0.1) is 5.82 Å². The molecule has 18 heavy (non-hydrogen) atoms. The normalized spacial score (nSPS) is 10.2. The fourth-order valence-corrected chi connectivity index (χ4v) is 1.97. The monoisotopic (exact) mass is 331 g/mol. The summed E-state index contributed by atoms with van der Waals surface area (Å²) < 4.78 is 19.3. The Morgan fingerprint density at radius 1 is 1.39 bits per heavy atom. The third-order valence-corrected chi connectivity index (χ3v) is 2.97. The number of nitrogens with one attached hydrogen (secondary N) is 1. The van der Waals surface area contributed by atoms with Gasteiger partial charge < -0.3 is 10.2 Å². The van der Waals surface area contributed by atoms with Gasteiger partial charge in [0.2, 0.25) is 5.88 Å². The van der Waals surface area contributed by atoms with Crippen LogP contribution in [-0.4, -0.2) is 4.98 Å². The van der Waals surface area contributed by atoms with Crippen molar-refractivity contribution in [2.75, 3.05) is 5.43 Å². The average molecular weight is 333 g/mol. The van der Waals surface area contributed by atoms with Gasteiger partial charge in [-0.25, -0.2) is 10.2 Å². The highest BCUT2D eigenvalue weighted by molar-refractivity contribution is 9.10. The summed E-state index contributed by atoms with van der Waals surface area (Å²) in [7, 11) is 0. The fourth-order valence-electron chi connectivity index (χ4n) is 1.25. The molecule has 0 spiro atoms. The number of hydrazine groups is 1. The largest absolute Gasteiger partial charge is 0.438 e. The Morgan fingerprint density at radius 2 is 2.17 bits per heavy atom. The van der Waals surface area contributed by atoms with E-state index in [1.165, 1.54) is 12.1 Å². The summed E-state index contributed by atoms with van der Waals surface area (Å²) in [5, 5.41) is 0.0135. The zero-order chi connectivity index (χ0) is 13.1. The van der Waals surface area contributed by atoms with E-state index >= 15 is 0 Å². The number of nitrogens with zero attached hydrogens (tertiary/aromatic N) is 1. The third kappa shape index (κ3) is 2.90. The number of pyridine rings is 1. The maximum absolute atomic E-state index is 13.3. The first-order valence-electron chi connectivity index (χ1n) is 4.86. The van der Waals surface area contributed by atoms with Crippen LogP contribution >= 0.6 is 27.5 Å². The predicted molar refractivity (Wildman–Crippen MR) is 71.2 cm³/mol. The van der Waals surface area contributed by atoms with Gasteiger partial charge in [-0.05, 0) is 28.1 Å². The molecular formula is C11H8BrClFN3O. The molecule has 4 nitrogen and oxygen atoms in total. The number of nitrogens with two attached hydrogens (primary N) is 1. The Labute approximate surface area is 116 Å². The molecule has 94 valence electrons. The molecule has 1 aromatic heterocycles. The molecule has 0 aliphatic carbocycles. The van der Waals surface area contributed by atoms with Gasteiger partial charge in [-0.15, -0.1) is 0 Å². The number of benzene rings is 1. The van der Waals surface area contributed by atoms with Crippen molar-refractivity contribution in [3.05, 3.63) is 45.6 Å². The molecule has 1 heterocycles. The molecule has 7 heteroatoms. The van der Waals surface area contributed by atoms with Gasteiger partial charge >= 0.3 is 0 Å². The van der Waals surface area contributed by atoms with E-state index in [0.29, 0.717) is 10.3 Å². The lowest BCUT2D eigenvalue weighted by Crippen LogP contribution is -2.08.